The first-order valence-electron chi connectivity index (χ1n) is 5.71. The van der Waals surface area contributed by atoms with Gasteiger partial charge in [0.2, 0.25) is 5.91 Å². The van der Waals surface area contributed by atoms with E-state index in [1.807, 2.05) is 19.9 Å². The quantitative estimate of drug-likeness (QED) is 0.807. The van der Waals surface area contributed by atoms with Gasteiger partial charge in [0.1, 0.15) is 6.54 Å². The fourth-order valence-corrected chi connectivity index (χ4v) is 1.74. The molecule has 0 fully saturated rings. The lowest BCUT2D eigenvalue weighted by Crippen LogP contribution is -2.20. The summed E-state index contributed by atoms with van der Waals surface area (Å²) in [6.45, 7) is 4.04. The van der Waals surface area contributed by atoms with E-state index in [-0.39, 0.29) is 12.5 Å². The Kier molecular flexibility index (Phi) is 3.32. The van der Waals surface area contributed by atoms with Gasteiger partial charge in [0.25, 0.3) is 0 Å². The fourth-order valence-electron chi connectivity index (χ4n) is 1.74. The van der Waals surface area contributed by atoms with Gasteiger partial charge < -0.3 is 11.1 Å². The lowest BCUT2D eigenvalue weighted by molar-refractivity contribution is -0.116. The summed E-state index contributed by atoms with van der Waals surface area (Å²) in [5.41, 5.74) is 8.86. The van der Waals surface area contributed by atoms with Gasteiger partial charge in [-0.15, -0.1) is 0 Å². The van der Waals surface area contributed by atoms with Crippen molar-refractivity contribution in [3.05, 3.63) is 41.7 Å². The average molecular weight is 244 g/mol. The van der Waals surface area contributed by atoms with Crippen molar-refractivity contribution in [1.29, 1.82) is 0 Å². The highest BCUT2D eigenvalue weighted by Gasteiger charge is 2.07. The van der Waals surface area contributed by atoms with Gasteiger partial charge in [-0.1, -0.05) is 0 Å². The Bertz CT molecular complexity index is 557. The number of nitrogens with two attached hydrogens (primary N) is 1. The van der Waals surface area contributed by atoms with E-state index in [1.165, 1.54) is 0 Å². The van der Waals surface area contributed by atoms with Gasteiger partial charge in [-0.3, -0.25) is 9.48 Å². The van der Waals surface area contributed by atoms with Crippen LogP contribution in [0.3, 0.4) is 0 Å². The molecule has 0 radical (unpaired) electrons. The number of amides is 1. The summed E-state index contributed by atoms with van der Waals surface area (Å²) in [4.78, 5) is 11.8. The van der Waals surface area contributed by atoms with Gasteiger partial charge >= 0.3 is 0 Å². The third kappa shape index (κ3) is 2.88. The smallest absolute Gasteiger partial charge is 0.246 e. The largest absolute Gasteiger partial charge is 0.399 e. The molecule has 1 amide bonds. The molecule has 0 atom stereocenters. The number of nitrogens with zero attached hydrogens (tertiary/aromatic N) is 2. The summed E-state index contributed by atoms with van der Waals surface area (Å²) >= 11 is 0. The molecule has 2 rings (SSSR count). The van der Waals surface area contributed by atoms with Gasteiger partial charge in [0.05, 0.1) is 5.69 Å². The molecule has 0 unspecified atom stereocenters. The lowest BCUT2D eigenvalue weighted by Gasteiger charge is -2.07. The number of anilines is 2. The zero-order chi connectivity index (χ0) is 13.1. The molecule has 1 aromatic heterocycles. The van der Waals surface area contributed by atoms with Crippen LogP contribution in [0.15, 0.2) is 30.3 Å². The molecular weight excluding hydrogens is 228 g/mol. The molecular formula is C13H16N4O. The third-order valence-corrected chi connectivity index (χ3v) is 2.59. The van der Waals surface area contributed by atoms with Gasteiger partial charge in [-0.05, 0) is 44.2 Å². The predicted octanol–water partition coefficient (Wildman–Crippen LogP) is 1.72. The van der Waals surface area contributed by atoms with E-state index in [1.54, 1.807) is 28.9 Å². The average Bonchev–Trinajstić information content (AvgIpc) is 2.61. The molecule has 2 aromatic rings. The second-order valence-corrected chi connectivity index (χ2v) is 4.25. The van der Waals surface area contributed by atoms with Crippen molar-refractivity contribution in [2.45, 2.75) is 20.4 Å². The third-order valence-electron chi connectivity index (χ3n) is 2.59. The van der Waals surface area contributed by atoms with Crippen molar-refractivity contribution in [3.63, 3.8) is 0 Å². The summed E-state index contributed by atoms with van der Waals surface area (Å²) in [6, 6.07) is 8.98. The highest BCUT2D eigenvalue weighted by molar-refractivity contribution is 5.90. The number of aromatic nitrogens is 2. The maximum Gasteiger partial charge on any atom is 0.246 e. The molecule has 18 heavy (non-hydrogen) atoms. The Morgan fingerprint density at radius 3 is 2.56 bits per heavy atom. The topological polar surface area (TPSA) is 72.9 Å². The SMILES string of the molecule is Cc1cc(C)n(CC(=O)Nc2ccc(N)cc2)n1. The fraction of sp³-hybridized carbons (Fsp3) is 0.231. The van der Waals surface area contributed by atoms with Crippen LogP contribution >= 0.6 is 0 Å². The Hall–Kier alpha value is -2.30. The van der Waals surface area contributed by atoms with Crippen molar-refractivity contribution < 1.29 is 4.79 Å². The predicted molar refractivity (Wildman–Crippen MR) is 71.2 cm³/mol. The summed E-state index contributed by atoms with van der Waals surface area (Å²) < 4.78 is 1.68. The highest BCUT2D eigenvalue weighted by Crippen LogP contribution is 2.10. The van der Waals surface area contributed by atoms with Crippen molar-refractivity contribution in [2.75, 3.05) is 11.1 Å². The summed E-state index contributed by atoms with van der Waals surface area (Å²) in [5.74, 6) is -0.106. The molecule has 0 aliphatic rings. The molecule has 0 saturated carbocycles. The number of nitrogen functional groups attached to an aromatic ring is 1. The van der Waals surface area contributed by atoms with E-state index in [2.05, 4.69) is 10.4 Å². The first kappa shape index (κ1) is 12.2. The minimum absolute atomic E-state index is 0.106. The van der Waals surface area contributed by atoms with E-state index < -0.39 is 0 Å². The molecule has 0 spiro atoms. The number of aryl methyl sites for hydroxylation is 2. The number of carbonyl (C=O) groups excluding carboxylic acids is 1. The van der Waals surface area contributed by atoms with Crippen LogP contribution in [0.4, 0.5) is 11.4 Å². The van der Waals surface area contributed by atoms with E-state index in [9.17, 15) is 4.79 Å². The molecule has 3 N–H and O–H groups in total. The molecule has 0 aliphatic heterocycles. The van der Waals surface area contributed by atoms with E-state index in [0.717, 1.165) is 17.1 Å². The van der Waals surface area contributed by atoms with Gasteiger partial charge in [0.15, 0.2) is 0 Å². The Labute approximate surface area is 106 Å². The van der Waals surface area contributed by atoms with E-state index in [0.29, 0.717) is 5.69 Å². The summed E-state index contributed by atoms with van der Waals surface area (Å²) in [7, 11) is 0. The Balaban J connectivity index is 2.01. The molecule has 1 heterocycles. The second kappa shape index (κ2) is 4.91. The summed E-state index contributed by atoms with van der Waals surface area (Å²) in [5, 5.41) is 7.04. The summed E-state index contributed by atoms with van der Waals surface area (Å²) in [6.07, 6.45) is 0. The Morgan fingerprint density at radius 2 is 2.00 bits per heavy atom. The van der Waals surface area contributed by atoms with Crippen molar-refractivity contribution in [1.82, 2.24) is 9.78 Å². The number of hydrogen-bond donors (Lipinski definition) is 2. The monoisotopic (exact) mass is 244 g/mol. The van der Waals surface area contributed by atoms with Crippen molar-refractivity contribution >= 4 is 17.3 Å². The number of carbonyl (C=O) groups is 1. The first-order chi connectivity index (χ1) is 8.54. The zero-order valence-electron chi connectivity index (χ0n) is 10.5. The number of nitrogens with one attached hydrogen (secondary N) is 1. The highest BCUT2D eigenvalue weighted by atomic mass is 16.2. The van der Waals surface area contributed by atoms with Crippen LogP contribution in [0.25, 0.3) is 0 Å². The van der Waals surface area contributed by atoms with Gasteiger partial charge in [-0.25, -0.2) is 0 Å². The minimum Gasteiger partial charge on any atom is -0.399 e. The molecule has 0 aliphatic carbocycles. The van der Waals surface area contributed by atoms with Gasteiger partial charge in [-0.2, -0.15) is 5.10 Å². The van der Waals surface area contributed by atoms with Crippen LogP contribution in [-0.2, 0) is 11.3 Å². The van der Waals surface area contributed by atoms with Crippen LogP contribution in [0, 0.1) is 13.8 Å². The van der Waals surface area contributed by atoms with Gasteiger partial charge in [0, 0.05) is 17.1 Å². The second-order valence-electron chi connectivity index (χ2n) is 4.25. The van der Waals surface area contributed by atoms with Crippen LogP contribution in [-0.4, -0.2) is 15.7 Å². The molecule has 94 valence electrons. The lowest BCUT2D eigenvalue weighted by atomic mass is 10.3. The maximum atomic E-state index is 11.8. The van der Waals surface area contributed by atoms with Crippen LogP contribution in [0.1, 0.15) is 11.4 Å². The molecule has 0 saturated heterocycles. The number of rotatable bonds is 3. The minimum atomic E-state index is -0.106. The molecule has 5 nitrogen and oxygen atoms in total. The van der Waals surface area contributed by atoms with Crippen LogP contribution < -0.4 is 11.1 Å². The maximum absolute atomic E-state index is 11.8. The number of hydrogen-bond acceptors (Lipinski definition) is 3. The Morgan fingerprint density at radius 1 is 1.33 bits per heavy atom. The van der Waals surface area contributed by atoms with E-state index >= 15 is 0 Å². The first-order valence-corrected chi connectivity index (χ1v) is 5.71. The van der Waals surface area contributed by atoms with Crippen molar-refractivity contribution in [2.24, 2.45) is 0 Å². The van der Waals surface area contributed by atoms with E-state index in [4.69, 9.17) is 5.73 Å². The number of benzene rings is 1. The molecule has 5 heteroatoms. The van der Waals surface area contributed by atoms with Crippen LogP contribution in [0.5, 0.6) is 0 Å². The standard InChI is InChI=1S/C13H16N4O/c1-9-7-10(2)17(16-9)8-13(18)15-12-5-3-11(14)4-6-12/h3-7H,8,14H2,1-2H3,(H,15,18). The zero-order valence-corrected chi connectivity index (χ0v) is 10.5. The molecule has 0 bridgehead atoms. The molecule has 1 aromatic carbocycles. The van der Waals surface area contributed by atoms with Crippen molar-refractivity contribution in [3.8, 4) is 0 Å². The normalized spacial score (nSPS) is 10.3. The van der Waals surface area contributed by atoms with Crippen LogP contribution in [0.2, 0.25) is 0 Å².